The van der Waals surface area contributed by atoms with Crippen LogP contribution in [0.15, 0.2) is 24.3 Å². The lowest BCUT2D eigenvalue weighted by molar-refractivity contribution is 0.334. The van der Waals surface area contributed by atoms with E-state index in [1.807, 2.05) is 6.07 Å². The molecule has 2 rings (SSSR count). The molecular weight excluding hydrogens is 213 g/mol. The first-order valence-electron chi connectivity index (χ1n) is 6.40. The maximum Gasteiger partial charge on any atom is 0.126 e. The fourth-order valence-electron chi connectivity index (χ4n) is 2.74. The molecule has 1 aliphatic rings. The second kappa shape index (κ2) is 5.31. The van der Waals surface area contributed by atoms with Crippen LogP contribution in [0.25, 0.3) is 0 Å². The van der Waals surface area contributed by atoms with Gasteiger partial charge in [0.25, 0.3) is 0 Å². The molecule has 0 N–H and O–H groups in total. The number of nitriles is 1. The van der Waals surface area contributed by atoms with Gasteiger partial charge in [0, 0.05) is 0 Å². The highest BCUT2D eigenvalue weighted by atomic mass is 19.1. The average molecular weight is 231 g/mol. The maximum atomic E-state index is 13.6. The molecule has 0 heterocycles. The van der Waals surface area contributed by atoms with E-state index in [2.05, 4.69) is 6.07 Å². The molecule has 1 fully saturated rings. The normalized spacial score (nSPS) is 19.3. The molecule has 17 heavy (non-hydrogen) atoms. The van der Waals surface area contributed by atoms with E-state index < -0.39 is 0 Å². The molecule has 0 unspecified atom stereocenters. The summed E-state index contributed by atoms with van der Waals surface area (Å²) in [6.07, 6.45) is 7.01. The van der Waals surface area contributed by atoms with Crippen LogP contribution in [0, 0.1) is 22.6 Å². The van der Waals surface area contributed by atoms with Crippen LogP contribution in [0.3, 0.4) is 0 Å². The second-order valence-electron chi connectivity index (χ2n) is 5.07. The Morgan fingerprint density at radius 2 is 1.76 bits per heavy atom. The van der Waals surface area contributed by atoms with Gasteiger partial charge in [-0.1, -0.05) is 43.9 Å². The highest BCUT2D eigenvalue weighted by molar-refractivity contribution is 5.21. The number of hydrogen-bond acceptors (Lipinski definition) is 1. The SMILES string of the molecule is N#CC1(Cc2ccccc2F)CCCCCC1. The smallest absolute Gasteiger partial charge is 0.126 e. The summed E-state index contributed by atoms with van der Waals surface area (Å²) >= 11 is 0. The number of nitrogens with zero attached hydrogens (tertiary/aromatic N) is 1. The van der Waals surface area contributed by atoms with Crippen LogP contribution < -0.4 is 0 Å². The largest absolute Gasteiger partial charge is 0.207 e. The standard InChI is InChI=1S/C15H18FN/c16-14-8-4-3-7-13(14)11-15(12-17)9-5-1-2-6-10-15/h3-4,7-8H,1-2,5-6,9-11H2. The van der Waals surface area contributed by atoms with E-state index in [-0.39, 0.29) is 11.2 Å². The van der Waals surface area contributed by atoms with Gasteiger partial charge in [-0.15, -0.1) is 0 Å². The van der Waals surface area contributed by atoms with Gasteiger partial charge in [0.1, 0.15) is 5.82 Å². The number of benzene rings is 1. The summed E-state index contributed by atoms with van der Waals surface area (Å²) in [4.78, 5) is 0. The minimum absolute atomic E-state index is 0.175. The van der Waals surface area contributed by atoms with Crippen LogP contribution in [-0.4, -0.2) is 0 Å². The predicted octanol–water partition coefficient (Wildman–Crippen LogP) is 4.23. The van der Waals surface area contributed by atoms with Crippen molar-refractivity contribution in [1.82, 2.24) is 0 Å². The van der Waals surface area contributed by atoms with E-state index in [4.69, 9.17) is 0 Å². The number of rotatable bonds is 2. The van der Waals surface area contributed by atoms with Crippen LogP contribution in [0.1, 0.15) is 44.1 Å². The molecule has 1 saturated carbocycles. The van der Waals surface area contributed by atoms with Gasteiger partial charge in [-0.2, -0.15) is 5.26 Å². The quantitative estimate of drug-likeness (QED) is 0.699. The summed E-state index contributed by atoms with van der Waals surface area (Å²) in [5, 5.41) is 9.45. The van der Waals surface area contributed by atoms with Crippen LogP contribution in [-0.2, 0) is 6.42 Å². The van der Waals surface area contributed by atoms with Gasteiger partial charge < -0.3 is 0 Å². The Kier molecular flexibility index (Phi) is 3.78. The van der Waals surface area contributed by atoms with Gasteiger partial charge in [0.05, 0.1) is 11.5 Å². The first-order chi connectivity index (χ1) is 8.26. The van der Waals surface area contributed by atoms with Crippen molar-refractivity contribution >= 4 is 0 Å². The lowest BCUT2D eigenvalue weighted by Crippen LogP contribution is -2.21. The Balaban J connectivity index is 2.19. The molecule has 0 aliphatic heterocycles. The molecule has 1 aliphatic carbocycles. The Labute approximate surface area is 102 Å². The molecule has 0 atom stereocenters. The van der Waals surface area contributed by atoms with Crippen LogP contribution in [0.4, 0.5) is 4.39 Å². The minimum atomic E-state index is -0.335. The Hall–Kier alpha value is -1.36. The van der Waals surface area contributed by atoms with Gasteiger partial charge in [-0.05, 0) is 30.9 Å². The van der Waals surface area contributed by atoms with Gasteiger partial charge in [0.2, 0.25) is 0 Å². The summed E-state index contributed by atoms with van der Waals surface area (Å²) in [5.41, 5.74) is 0.356. The molecule has 0 bridgehead atoms. The zero-order valence-electron chi connectivity index (χ0n) is 10.1. The molecule has 1 aromatic carbocycles. The van der Waals surface area contributed by atoms with Crippen molar-refractivity contribution in [3.63, 3.8) is 0 Å². The molecule has 1 nitrogen and oxygen atoms in total. The summed E-state index contributed by atoms with van der Waals surface area (Å²) in [6, 6.07) is 9.30. The van der Waals surface area contributed by atoms with Crippen LogP contribution in [0.2, 0.25) is 0 Å². The van der Waals surface area contributed by atoms with Crippen molar-refractivity contribution in [2.75, 3.05) is 0 Å². The monoisotopic (exact) mass is 231 g/mol. The average Bonchev–Trinajstić information content (AvgIpc) is 2.58. The Bertz CT molecular complexity index is 411. The van der Waals surface area contributed by atoms with Crippen molar-refractivity contribution in [3.8, 4) is 6.07 Å². The zero-order chi connectivity index (χ0) is 12.1. The van der Waals surface area contributed by atoms with Crippen molar-refractivity contribution in [1.29, 1.82) is 5.26 Å². The van der Waals surface area contributed by atoms with Crippen molar-refractivity contribution < 1.29 is 4.39 Å². The third kappa shape index (κ3) is 2.85. The lowest BCUT2D eigenvalue weighted by atomic mass is 9.76. The van der Waals surface area contributed by atoms with Gasteiger partial charge in [0.15, 0.2) is 0 Å². The molecule has 0 spiro atoms. The van der Waals surface area contributed by atoms with Crippen molar-refractivity contribution in [2.45, 2.75) is 44.9 Å². The Morgan fingerprint density at radius 3 is 2.35 bits per heavy atom. The van der Waals surface area contributed by atoms with Gasteiger partial charge >= 0.3 is 0 Å². The predicted molar refractivity (Wildman–Crippen MR) is 65.9 cm³/mol. The first kappa shape index (κ1) is 12.1. The van der Waals surface area contributed by atoms with E-state index >= 15 is 0 Å². The molecule has 0 saturated heterocycles. The van der Waals surface area contributed by atoms with E-state index in [9.17, 15) is 9.65 Å². The number of hydrogen-bond donors (Lipinski definition) is 0. The first-order valence-corrected chi connectivity index (χ1v) is 6.40. The maximum absolute atomic E-state index is 13.6. The van der Waals surface area contributed by atoms with E-state index in [0.717, 1.165) is 25.7 Å². The molecule has 2 heteroatoms. The lowest BCUT2D eigenvalue weighted by Gasteiger charge is -2.25. The highest BCUT2D eigenvalue weighted by Gasteiger charge is 2.31. The fourth-order valence-corrected chi connectivity index (χ4v) is 2.74. The molecule has 90 valence electrons. The molecule has 0 amide bonds. The third-order valence-electron chi connectivity index (χ3n) is 3.78. The number of halogens is 1. The van der Waals surface area contributed by atoms with Gasteiger partial charge in [-0.25, -0.2) is 4.39 Å². The van der Waals surface area contributed by atoms with Crippen LogP contribution >= 0.6 is 0 Å². The molecule has 1 aromatic rings. The van der Waals surface area contributed by atoms with Crippen molar-refractivity contribution in [2.24, 2.45) is 5.41 Å². The van der Waals surface area contributed by atoms with E-state index in [1.165, 1.54) is 18.9 Å². The fraction of sp³-hybridized carbons (Fsp3) is 0.533. The third-order valence-corrected chi connectivity index (χ3v) is 3.78. The topological polar surface area (TPSA) is 23.8 Å². The summed E-state index contributed by atoms with van der Waals surface area (Å²) < 4.78 is 13.6. The van der Waals surface area contributed by atoms with Gasteiger partial charge in [-0.3, -0.25) is 0 Å². The zero-order valence-corrected chi connectivity index (χ0v) is 10.1. The van der Waals surface area contributed by atoms with E-state index in [1.54, 1.807) is 12.1 Å². The summed E-state index contributed by atoms with van der Waals surface area (Å²) in [7, 11) is 0. The van der Waals surface area contributed by atoms with Crippen LogP contribution in [0.5, 0.6) is 0 Å². The molecular formula is C15H18FN. The Morgan fingerprint density at radius 1 is 1.12 bits per heavy atom. The second-order valence-corrected chi connectivity index (χ2v) is 5.07. The van der Waals surface area contributed by atoms with E-state index in [0.29, 0.717) is 12.0 Å². The highest BCUT2D eigenvalue weighted by Crippen LogP contribution is 2.37. The van der Waals surface area contributed by atoms with Crippen molar-refractivity contribution in [3.05, 3.63) is 35.6 Å². The summed E-state index contributed by atoms with van der Waals surface area (Å²) in [6.45, 7) is 0. The summed E-state index contributed by atoms with van der Waals surface area (Å²) in [5.74, 6) is -0.175. The molecule has 0 aromatic heterocycles. The molecule has 0 radical (unpaired) electrons. The minimum Gasteiger partial charge on any atom is -0.207 e.